The van der Waals surface area contributed by atoms with Crippen LogP contribution in [0.4, 0.5) is 0 Å². The average molecular weight is 378 g/mol. The van der Waals surface area contributed by atoms with Gasteiger partial charge in [0.15, 0.2) is 0 Å². The van der Waals surface area contributed by atoms with Crippen LogP contribution >= 0.6 is 22.6 Å². The Balaban J connectivity index is 2.07. The molecule has 2 nitrogen and oxygen atoms in total. The summed E-state index contributed by atoms with van der Waals surface area (Å²) in [6, 6.07) is 0. The third kappa shape index (κ3) is 3.85. The van der Waals surface area contributed by atoms with Crippen molar-refractivity contribution in [2.75, 3.05) is 0 Å². The molecule has 0 amide bonds. The van der Waals surface area contributed by atoms with E-state index in [-0.39, 0.29) is 15.5 Å². The minimum absolute atomic E-state index is 0.0278. The van der Waals surface area contributed by atoms with Crippen LogP contribution in [0.15, 0.2) is 0 Å². The van der Waals surface area contributed by atoms with Gasteiger partial charge in [0.25, 0.3) is 0 Å². The molecule has 1 atom stereocenters. The highest BCUT2D eigenvalue weighted by molar-refractivity contribution is 14.1. The smallest absolute Gasteiger partial charge is 0.319 e. The van der Waals surface area contributed by atoms with Crippen molar-refractivity contribution in [1.29, 1.82) is 0 Å². The molecular formula is C16H27IO2. The summed E-state index contributed by atoms with van der Waals surface area (Å²) in [5, 5.41) is 0. The summed E-state index contributed by atoms with van der Waals surface area (Å²) in [5.74, 6) is 0.668. The van der Waals surface area contributed by atoms with Gasteiger partial charge in [-0.25, -0.2) is 0 Å². The lowest BCUT2D eigenvalue weighted by atomic mass is 9.69. The summed E-state index contributed by atoms with van der Waals surface area (Å²) in [7, 11) is 0. The number of halogens is 1. The molecule has 3 heteroatoms. The number of alkyl halides is 1. The molecule has 1 unspecified atom stereocenters. The summed E-state index contributed by atoms with van der Waals surface area (Å²) in [6.45, 7) is 2.06. The van der Waals surface area contributed by atoms with Crippen molar-refractivity contribution in [3.63, 3.8) is 0 Å². The maximum Gasteiger partial charge on any atom is 0.319 e. The third-order valence-corrected chi connectivity index (χ3v) is 6.36. The predicted molar refractivity (Wildman–Crippen MR) is 86.6 cm³/mol. The van der Waals surface area contributed by atoms with Gasteiger partial charge in [0.1, 0.15) is 9.53 Å². The zero-order valence-electron chi connectivity index (χ0n) is 12.1. The molecule has 19 heavy (non-hydrogen) atoms. The van der Waals surface area contributed by atoms with Gasteiger partial charge in [-0.1, -0.05) is 55.2 Å². The fourth-order valence-electron chi connectivity index (χ4n) is 3.80. The van der Waals surface area contributed by atoms with Crippen molar-refractivity contribution < 1.29 is 9.53 Å². The van der Waals surface area contributed by atoms with E-state index in [4.69, 9.17) is 4.74 Å². The van der Waals surface area contributed by atoms with Gasteiger partial charge in [0, 0.05) is 0 Å². The van der Waals surface area contributed by atoms with Gasteiger partial charge in [-0.15, -0.1) is 0 Å². The Labute approximate surface area is 131 Å². The van der Waals surface area contributed by atoms with Crippen LogP contribution in [-0.4, -0.2) is 15.5 Å². The second kappa shape index (κ2) is 7.28. The summed E-state index contributed by atoms with van der Waals surface area (Å²) >= 11 is 2.23. The zero-order valence-corrected chi connectivity index (χ0v) is 14.3. The van der Waals surface area contributed by atoms with Crippen molar-refractivity contribution in [3.8, 4) is 0 Å². The molecule has 0 spiro atoms. The Morgan fingerprint density at radius 1 is 1.16 bits per heavy atom. The molecule has 2 fully saturated rings. The second-order valence-electron chi connectivity index (χ2n) is 6.26. The number of ether oxygens (including phenoxy) is 1. The lowest BCUT2D eigenvalue weighted by Gasteiger charge is -2.44. The minimum Gasteiger partial charge on any atom is -0.458 e. The van der Waals surface area contributed by atoms with E-state index in [9.17, 15) is 4.79 Å². The monoisotopic (exact) mass is 378 g/mol. The van der Waals surface area contributed by atoms with E-state index < -0.39 is 0 Å². The number of esters is 1. The van der Waals surface area contributed by atoms with E-state index >= 15 is 0 Å². The van der Waals surface area contributed by atoms with E-state index in [1.165, 1.54) is 51.4 Å². The number of hydrogen-bond donors (Lipinski definition) is 0. The Bertz CT molecular complexity index is 291. The van der Waals surface area contributed by atoms with Crippen molar-refractivity contribution in [1.82, 2.24) is 0 Å². The van der Waals surface area contributed by atoms with Crippen molar-refractivity contribution in [3.05, 3.63) is 0 Å². The van der Waals surface area contributed by atoms with Crippen LogP contribution in [0.2, 0.25) is 0 Å². The van der Waals surface area contributed by atoms with Gasteiger partial charge in [0.2, 0.25) is 0 Å². The highest BCUT2D eigenvalue weighted by Crippen LogP contribution is 2.44. The summed E-state index contributed by atoms with van der Waals surface area (Å²) in [4.78, 5) is 12.3. The molecule has 0 aliphatic heterocycles. The molecule has 2 aliphatic rings. The van der Waals surface area contributed by atoms with Gasteiger partial charge in [-0.3, -0.25) is 4.79 Å². The Hall–Kier alpha value is 0.200. The van der Waals surface area contributed by atoms with E-state index in [0.29, 0.717) is 5.92 Å². The van der Waals surface area contributed by atoms with Crippen LogP contribution in [0.1, 0.15) is 77.6 Å². The van der Waals surface area contributed by atoms with Crippen molar-refractivity contribution in [2.45, 2.75) is 87.1 Å². The maximum absolute atomic E-state index is 12.3. The fourth-order valence-corrected chi connectivity index (χ4v) is 3.93. The first-order chi connectivity index (χ1) is 9.18. The number of rotatable bonds is 4. The van der Waals surface area contributed by atoms with Crippen LogP contribution in [0.3, 0.4) is 0 Å². The molecule has 0 aromatic rings. The minimum atomic E-state index is -0.103. The quantitative estimate of drug-likeness (QED) is 0.390. The Morgan fingerprint density at radius 2 is 1.74 bits per heavy atom. The molecule has 0 bridgehead atoms. The zero-order chi connectivity index (χ0) is 13.7. The molecular weight excluding hydrogens is 351 g/mol. The van der Waals surface area contributed by atoms with Gasteiger partial charge >= 0.3 is 5.97 Å². The van der Waals surface area contributed by atoms with E-state index in [0.717, 1.165) is 19.3 Å². The van der Waals surface area contributed by atoms with Gasteiger partial charge < -0.3 is 4.74 Å². The van der Waals surface area contributed by atoms with Crippen molar-refractivity contribution >= 4 is 28.6 Å². The number of carbonyl (C=O) groups is 1. The number of carbonyl (C=O) groups excluding carboxylic acids is 1. The second-order valence-corrected chi connectivity index (χ2v) is 7.76. The molecule has 0 saturated heterocycles. The number of hydrogen-bond acceptors (Lipinski definition) is 2. The van der Waals surface area contributed by atoms with Gasteiger partial charge in [0.05, 0.1) is 0 Å². The lowest BCUT2D eigenvalue weighted by Crippen LogP contribution is -2.46. The van der Waals surface area contributed by atoms with E-state index in [1.807, 2.05) is 0 Å². The molecule has 2 saturated carbocycles. The molecule has 0 N–H and O–H groups in total. The fraction of sp³-hybridized carbons (Fsp3) is 0.938. The average Bonchev–Trinajstić information content (AvgIpc) is 2.48. The largest absolute Gasteiger partial charge is 0.458 e. The lowest BCUT2D eigenvalue weighted by molar-refractivity contribution is -0.172. The van der Waals surface area contributed by atoms with Crippen LogP contribution in [0, 0.1) is 5.92 Å². The van der Waals surface area contributed by atoms with E-state index in [2.05, 4.69) is 29.5 Å². The molecule has 0 aromatic heterocycles. The van der Waals surface area contributed by atoms with Gasteiger partial charge in [-0.05, 0) is 50.9 Å². The SMILES string of the molecule is CCC(I)C(=O)OC1(C2CCCCC2)CCCCC1. The van der Waals surface area contributed by atoms with Crippen LogP contribution < -0.4 is 0 Å². The highest BCUT2D eigenvalue weighted by atomic mass is 127. The standard InChI is InChI=1S/C16H27IO2/c1-2-14(17)15(18)19-16(11-7-4-8-12-16)13-9-5-3-6-10-13/h13-14H,2-12H2,1H3. The topological polar surface area (TPSA) is 26.3 Å². The van der Waals surface area contributed by atoms with Crippen molar-refractivity contribution in [2.24, 2.45) is 5.92 Å². The first kappa shape index (κ1) is 15.6. The Kier molecular flexibility index (Phi) is 5.97. The Morgan fingerprint density at radius 3 is 2.32 bits per heavy atom. The summed E-state index contributed by atoms with van der Waals surface area (Å²) in [5.41, 5.74) is -0.103. The first-order valence-corrected chi connectivity index (χ1v) is 9.29. The normalized spacial score (nSPS) is 25.8. The van der Waals surface area contributed by atoms with Crippen LogP contribution in [0.5, 0.6) is 0 Å². The molecule has 2 rings (SSSR count). The van der Waals surface area contributed by atoms with E-state index in [1.54, 1.807) is 0 Å². The predicted octanol–water partition coefficient (Wildman–Crippen LogP) is 5.03. The molecule has 0 aromatic carbocycles. The molecule has 2 aliphatic carbocycles. The van der Waals surface area contributed by atoms with Crippen LogP contribution in [0.25, 0.3) is 0 Å². The maximum atomic E-state index is 12.3. The summed E-state index contributed by atoms with van der Waals surface area (Å²) in [6.07, 6.45) is 13.4. The van der Waals surface area contributed by atoms with Gasteiger partial charge in [-0.2, -0.15) is 0 Å². The third-order valence-electron chi connectivity index (χ3n) is 4.97. The first-order valence-electron chi connectivity index (χ1n) is 8.05. The summed E-state index contributed by atoms with van der Waals surface area (Å²) < 4.78 is 6.15. The molecule has 110 valence electrons. The molecule has 0 radical (unpaired) electrons. The highest BCUT2D eigenvalue weighted by Gasteiger charge is 2.43. The molecule has 0 heterocycles. The van der Waals surface area contributed by atoms with Crippen LogP contribution in [-0.2, 0) is 9.53 Å².